The number of carbonyl (C=O) groups is 1. The lowest BCUT2D eigenvalue weighted by atomic mass is 10.0. The molecule has 2 rings (SSSR count). The summed E-state index contributed by atoms with van der Waals surface area (Å²) in [6.07, 6.45) is 1.84. The van der Waals surface area contributed by atoms with Gasteiger partial charge in [-0.1, -0.05) is 11.6 Å². The van der Waals surface area contributed by atoms with E-state index in [4.69, 9.17) is 21.4 Å². The second kappa shape index (κ2) is 4.76. The number of halogens is 1. The van der Waals surface area contributed by atoms with Gasteiger partial charge in [0, 0.05) is 18.6 Å². The average Bonchev–Trinajstić information content (AvgIpc) is 2.29. The summed E-state index contributed by atoms with van der Waals surface area (Å²) in [6, 6.07) is 1.25. The number of rotatable bonds is 2. The van der Waals surface area contributed by atoms with Crippen LogP contribution in [0.4, 0.5) is 0 Å². The smallest absolute Gasteiger partial charge is 0.354 e. The summed E-state index contributed by atoms with van der Waals surface area (Å²) < 4.78 is 5.31. The fourth-order valence-corrected chi connectivity index (χ4v) is 1.86. The van der Waals surface area contributed by atoms with Crippen LogP contribution in [0.3, 0.4) is 0 Å². The van der Waals surface area contributed by atoms with Crippen molar-refractivity contribution >= 4 is 17.6 Å². The van der Waals surface area contributed by atoms with E-state index in [-0.39, 0.29) is 16.8 Å². The summed E-state index contributed by atoms with van der Waals surface area (Å²) in [5.74, 6) is -0.586. The van der Waals surface area contributed by atoms with Crippen LogP contribution in [-0.2, 0) is 4.74 Å². The van der Waals surface area contributed by atoms with Crippen LogP contribution in [0.15, 0.2) is 6.07 Å². The first-order valence-electron chi connectivity index (χ1n) is 5.02. The maximum absolute atomic E-state index is 10.8. The van der Waals surface area contributed by atoms with Crippen LogP contribution < -0.4 is 0 Å². The van der Waals surface area contributed by atoms with E-state index in [9.17, 15) is 4.79 Å². The first-order valence-corrected chi connectivity index (χ1v) is 5.40. The Bertz CT molecular complexity index is 405. The highest BCUT2D eigenvalue weighted by atomic mass is 35.5. The quantitative estimate of drug-likeness (QED) is 0.800. The first kappa shape index (κ1) is 11.3. The van der Waals surface area contributed by atoms with Crippen molar-refractivity contribution in [1.82, 2.24) is 9.97 Å². The van der Waals surface area contributed by atoms with Crippen LogP contribution in [0.25, 0.3) is 0 Å². The summed E-state index contributed by atoms with van der Waals surface area (Å²) in [5, 5.41) is 9.01. The minimum Gasteiger partial charge on any atom is -0.477 e. The van der Waals surface area contributed by atoms with Crippen molar-refractivity contribution in [2.45, 2.75) is 18.8 Å². The highest BCUT2D eigenvalue weighted by Crippen LogP contribution is 2.23. The predicted molar refractivity (Wildman–Crippen MR) is 56.8 cm³/mol. The largest absolute Gasteiger partial charge is 0.477 e. The SMILES string of the molecule is O=C(O)c1cc(Cl)nc(C2CCCOC2)n1. The summed E-state index contributed by atoms with van der Waals surface area (Å²) in [6.45, 7) is 1.27. The molecule has 0 saturated carbocycles. The van der Waals surface area contributed by atoms with Crippen molar-refractivity contribution in [3.8, 4) is 0 Å². The van der Waals surface area contributed by atoms with Crippen molar-refractivity contribution in [2.75, 3.05) is 13.2 Å². The van der Waals surface area contributed by atoms with Gasteiger partial charge < -0.3 is 9.84 Å². The number of hydrogen-bond donors (Lipinski definition) is 1. The molecule has 2 heterocycles. The van der Waals surface area contributed by atoms with Crippen LogP contribution in [0.1, 0.15) is 35.1 Å². The van der Waals surface area contributed by atoms with Gasteiger partial charge in [0.1, 0.15) is 11.0 Å². The van der Waals surface area contributed by atoms with E-state index in [0.29, 0.717) is 12.4 Å². The van der Waals surface area contributed by atoms with E-state index in [1.54, 1.807) is 0 Å². The Morgan fingerprint density at radius 1 is 1.56 bits per heavy atom. The molecule has 1 unspecified atom stereocenters. The fraction of sp³-hybridized carbons (Fsp3) is 0.500. The predicted octanol–water partition coefficient (Wildman–Crippen LogP) is 1.72. The summed E-state index contributed by atoms with van der Waals surface area (Å²) >= 11 is 5.76. The third-order valence-electron chi connectivity index (χ3n) is 2.46. The van der Waals surface area contributed by atoms with Gasteiger partial charge in [-0.3, -0.25) is 0 Å². The molecule has 0 aromatic carbocycles. The molecule has 1 N–H and O–H groups in total. The van der Waals surface area contributed by atoms with Gasteiger partial charge in [-0.05, 0) is 12.8 Å². The first-order chi connectivity index (χ1) is 7.66. The Kier molecular flexibility index (Phi) is 3.36. The van der Waals surface area contributed by atoms with E-state index in [1.807, 2.05) is 0 Å². The zero-order chi connectivity index (χ0) is 11.5. The van der Waals surface area contributed by atoms with Crippen molar-refractivity contribution in [2.24, 2.45) is 0 Å². The van der Waals surface area contributed by atoms with Crippen LogP contribution >= 0.6 is 11.6 Å². The van der Waals surface area contributed by atoms with Gasteiger partial charge in [0.2, 0.25) is 0 Å². The molecule has 1 aromatic heterocycles. The molecule has 1 aromatic rings. The topological polar surface area (TPSA) is 72.3 Å². The van der Waals surface area contributed by atoms with Gasteiger partial charge in [-0.15, -0.1) is 0 Å². The van der Waals surface area contributed by atoms with E-state index in [2.05, 4.69) is 9.97 Å². The number of aromatic nitrogens is 2. The third-order valence-corrected chi connectivity index (χ3v) is 2.65. The third kappa shape index (κ3) is 2.48. The molecule has 16 heavy (non-hydrogen) atoms. The zero-order valence-electron chi connectivity index (χ0n) is 8.52. The number of hydrogen-bond acceptors (Lipinski definition) is 4. The van der Waals surface area contributed by atoms with Crippen molar-refractivity contribution in [3.05, 3.63) is 22.7 Å². The molecular formula is C10H11ClN2O3. The minimum absolute atomic E-state index is 0.0468. The Hall–Kier alpha value is -1.20. The lowest BCUT2D eigenvalue weighted by molar-refractivity contribution is 0.0683. The van der Waals surface area contributed by atoms with E-state index in [1.165, 1.54) is 6.07 Å². The standard InChI is InChI=1S/C10H11ClN2O3/c11-8-4-7(10(14)15)12-9(13-8)6-2-1-3-16-5-6/h4,6H,1-3,5H2,(H,14,15). The zero-order valence-corrected chi connectivity index (χ0v) is 9.28. The molecule has 0 spiro atoms. The Morgan fingerprint density at radius 2 is 2.38 bits per heavy atom. The van der Waals surface area contributed by atoms with Crippen LogP contribution in [0, 0.1) is 0 Å². The molecule has 5 nitrogen and oxygen atoms in total. The van der Waals surface area contributed by atoms with Gasteiger partial charge in [0.05, 0.1) is 6.61 Å². The summed E-state index contributed by atoms with van der Waals surface area (Å²) in [7, 11) is 0. The maximum Gasteiger partial charge on any atom is 0.354 e. The number of carboxylic acids is 1. The average molecular weight is 243 g/mol. The molecule has 1 saturated heterocycles. The minimum atomic E-state index is -1.10. The monoisotopic (exact) mass is 242 g/mol. The Balaban J connectivity index is 2.28. The Morgan fingerprint density at radius 3 is 3.00 bits per heavy atom. The summed E-state index contributed by atoms with van der Waals surface area (Å²) in [4.78, 5) is 18.8. The van der Waals surface area contributed by atoms with Crippen molar-refractivity contribution in [1.29, 1.82) is 0 Å². The van der Waals surface area contributed by atoms with Gasteiger partial charge in [0.25, 0.3) is 0 Å². The second-order valence-corrected chi connectivity index (χ2v) is 4.04. The molecule has 86 valence electrons. The maximum atomic E-state index is 10.8. The second-order valence-electron chi connectivity index (χ2n) is 3.65. The van der Waals surface area contributed by atoms with Crippen molar-refractivity contribution in [3.63, 3.8) is 0 Å². The van der Waals surface area contributed by atoms with Gasteiger partial charge in [0.15, 0.2) is 5.69 Å². The number of ether oxygens (including phenoxy) is 1. The van der Waals surface area contributed by atoms with Crippen LogP contribution in [-0.4, -0.2) is 34.3 Å². The number of carboxylic acid groups (broad SMARTS) is 1. The highest BCUT2D eigenvalue weighted by molar-refractivity contribution is 6.29. The molecule has 0 amide bonds. The van der Waals surface area contributed by atoms with Gasteiger partial charge in [-0.2, -0.15) is 0 Å². The van der Waals surface area contributed by atoms with Crippen LogP contribution in [0.5, 0.6) is 0 Å². The van der Waals surface area contributed by atoms with Gasteiger partial charge in [-0.25, -0.2) is 14.8 Å². The molecule has 1 fully saturated rings. The molecule has 6 heteroatoms. The lowest BCUT2D eigenvalue weighted by Gasteiger charge is -2.20. The van der Waals surface area contributed by atoms with E-state index >= 15 is 0 Å². The molecule has 0 bridgehead atoms. The van der Waals surface area contributed by atoms with Crippen LogP contribution in [0.2, 0.25) is 5.15 Å². The lowest BCUT2D eigenvalue weighted by Crippen LogP contribution is -2.19. The molecule has 1 atom stereocenters. The molecule has 1 aliphatic rings. The fourth-order valence-electron chi connectivity index (χ4n) is 1.67. The summed E-state index contributed by atoms with van der Waals surface area (Å²) in [5.41, 5.74) is -0.0689. The molecular weight excluding hydrogens is 232 g/mol. The number of nitrogens with zero attached hydrogens (tertiary/aromatic N) is 2. The molecule has 1 aliphatic heterocycles. The highest BCUT2D eigenvalue weighted by Gasteiger charge is 2.21. The van der Waals surface area contributed by atoms with Gasteiger partial charge >= 0.3 is 5.97 Å². The van der Waals surface area contributed by atoms with E-state index < -0.39 is 5.97 Å². The van der Waals surface area contributed by atoms with E-state index in [0.717, 1.165) is 19.4 Å². The number of aromatic carboxylic acids is 1. The normalized spacial score (nSPS) is 20.7. The molecule has 0 aliphatic carbocycles. The molecule has 0 radical (unpaired) electrons. The Labute approximate surface area is 97.4 Å². The van der Waals surface area contributed by atoms with Crippen molar-refractivity contribution < 1.29 is 14.6 Å².